The normalized spacial score (nSPS) is 12.3. The number of esters is 1. The molecule has 0 aromatic carbocycles. The average Bonchev–Trinajstić information content (AvgIpc) is 2.47. The zero-order chi connectivity index (χ0) is 15.1. The summed E-state index contributed by atoms with van der Waals surface area (Å²) in [5.74, 6) is 1.06. The van der Waals surface area contributed by atoms with Crippen LogP contribution in [0.15, 0.2) is 0 Å². The number of hydrogen-bond acceptors (Lipinski definition) is 3. The Kier molecular flexibility index (Phi) is 15.1. The lowest BCUT2D eigenvalue weighted by molar-refractivity contribution is -0.140. The predicted octanol–water partition coefficient (Wildman–Crippen LogP) is 5.59. The molecule has 0 rings (SSSR count). The van der Waals surface area contributed by atoms with E-state index < -0.39 is 0 Å². The number of thioether (sulfide) groups is 1. The summed E-state index contributed by atoms with van der Waals surface area (Å²) >= 11 is 1.80. The van der Waals surface area contributed by atoms with Crippen LogP contribution in [0.1, 0.15) is 84.5 Å². The van der Waals surface area contributed by atoms with Gasteiger partial charge in [0, 0.05) is 0 Å². The second-order valence-electron chi connectivity index (χ2n) is 5.50. The standard InChI is InChI=1S/C17H34O2S/c1-4-6-8-10-11-12-14-16(17(18)19-3)20-15-13-9-7-5-2/h16H,4-15H2,1-3H3/t16-/m0/s1. The third kappa shape index (κ3) is 11.6. The molecule has 120 valence electrons. The maximum Gasteiger partial charge on any atom is 0.318 e. The third-order valence-electron chi connectivity index (χ3n) is 3.60. The molecular formula is C17H34O2S. The summed E-state index contributed by atoms with van der Waals surface area (Å²) in [6.07, 6.45) is 13.8. The van der Waals surface area contributed by atoms with E-state index in [1.807, 2.05) is 0 Å². The molecule has 0 fully saturated rings. The van der Waals surface area contributed by atoms with Gasteiger partial charge in [-0.25, -0.2) is 0 Å². The number of ether oxygens (including phenoxy) is 1. The number of methoxy groups -OCH3 is 1. The minimum atomic E-state index is -0.0287. The fourth-order valence-corrected chi connectivity index (χ4v) is 3.49. The molecule has 0 aliphatic rings. The van der Waals surface area contributed by atoms with Crippen molar-refractivity contribution in [2.45, 2.75) is 89.7 Å². The Morgan fingerprint density at radius 3 is 2.05 bits per heavy atom. The summed E-state index contributed by atoms with van der Waals surface area (Å²) in [7, 11) is 1.51. The van der Waals surface area contributed by atoms with Crippen molar-refractivity contribution in [1.82, 2.24) is 0 Å². The molecule has 0 bridgehead atoms. The molecule has 1 atom stereocenters. The number of hydrogen-bond donors (Lipinski definition) is 0. The largest absolute Gasteiger partial charge is 0.468 e. The molecule has 0 N–H and O–H groups in total. The van der Waals surface area contributed by atoms with Gasteiger partial charge in [-0.05, 0) is 18.6 Å². The van der Waals surface area contributed by atoms with Crippen molar-refractivity contribution >= 4 is 17.7 Å². The first-order valence-corrected chi connectivity index (χ1v) is 9.50. The van der Waals surface area contributed by atoms with Crippen LogP contribution in [0.25, 0.3) is 0 Å². The molecule has 0 saturated carbocycles. The van der Waals surface area contributed by atoms with Crippen molar-refractivity contribution < 1.29 is 9.53 Å². The minimum Gasteiger partial charge on any atom is -0.468 e. The van der Waals surface area contributed by atoms with E-state index in [1.165, 1.54) is 64.9 Å². The van der Waals surface area contributed by atoms with E-state index in [9.17, 15) is 4.79 Å². The van der Waals surface area contributed by atoms with E-state index >= 15 is 0 Å². The first kappa shape index (κ1) is 19.8. The monoisotopic (exact) mass is 302 g/mol. The van der Waals surface area contributed by atoms with Crippen molar-refractivity contribution in [2.24, 2.45) is 0 Å². The molecule has 0 aliphatic carbocycles. The molecule has 0 aromatic heterocycles. The van der Waals surface area contributed by atoms with Crippen molar-refractivity contribution in [3.05, 3.63) is 0 Å². The van der Waals surface area contributed by atoms with Crippen LogP contribution in [-0.4, -0.2) is 24.1 Å². The highest BCUT2D eigenvalue weighted by molar-refractivity contribution is 8.00. The molecule has 0 aromatic rings. The van der Waals surface area contributed by atoms with Crippen molar-refractivity contribution in [1.29, 1.82) is 0 Å². The number of carbonyl (C=O) groups is 1. The zero-order valence-corrected chi connectivity index (χ0v) is 14.6. The minimum absolute atomic E-state index is 0.0287. The summed E-state index contributed by atoms with van der Waals surface area (Å²) in [6.45, 7) is 4.46. The second-order valence-corrected chi connectivity index (χ2v) is 6.81. The maximum absolute atomic E-state index is 11.8. The first-order chi connectivity index (χ1) is 9.76. The molecular weight excluding hydrogens is 268 g/mol. The lowest BCUT2D eigenvalue weighted by Crippen LogP contribution is -2.19. The summed E-state index contributed by atoms with van der Waals surface area (Å²) in [5, 5.41) is 0.0628. The van der Waals surface area contributed by atoms with Crippen molar-refractivity contribution in [2.75, 3.05) is 12.9 Å². The second kappa shape index (κ2) is 15.2. The van der Waals surface area contributed by atoms with Crippen LogP contribution in [0.2, 0.25) is 0 Å². The van der Waals surface area contributed by atoms with Crippen LogP contribution in [0, 0.1) is 0 Å². The lowest BCUT2D eigenvalue weighted by atomic mass is 10.1. The van der Waals surface area contributed by atoms with Crippen LogP contribution in [0.3, 0.4) is 0 Å². The summed E-state index contributed by atoms with van der Waals surface area (Å²) in [5.41, 5.74) is 0. The van der Waals surface area contributed by atoms with E-state index in [0.717, 1.165) is 18.6 Å². The summed E-state index contributed by atoms with van der Waals surface area (Å²) in [6, 6.07) is 0. The fourth-order valence-electron chi connectivity index (χ4n) is 2.27. The number of rotatable bonds is 14. The predicted molar refractivity (Wildman–Crippen MR) is 90.4 cm³/mol. The lowest BCUT2D eigenvalue weighted by Gasteiger charge is -2.14. The van der Waals surface area contributed by atoms with Crippen molar-refractivity contribution in [3.8, 4) is 0 Å². The molecule has 0 radical (unpaired) electrons. The topological polar surface area (TPSA) is 26.3 Å². The summed E-state index contributed by atoms with van der Waals surface area (Å²) in [4.78, 5) is 11.8. The van der Waals surface area contributed by atoms with Crippen LogP contribution >= 0.6 is 11.8 Å². The molecule has 3 heteroatoms. The molecule has 0 saturated heterocycles. The Balaban J connectivity index is 3.71. The van der Waals surface area contributed by atoms with Crippen LogP contribution in [-0.2, 0) is 9.53 Å². The highest BCUT2D eigenvalue weighted by Gasteiger charge is 2.18. The van der Waals surface area contributed by atoms with Gasteiger partial charge in [0.2, 0.25) is 0 Å². The van der Waals surface area contributed by atoms with E-state index in [0.29, 0.717) is 0 Å². The molecule has 0 aliphatic heterocycles. The van der Waals surface area contributed by atoms with Crippen LogP contribution in [0.5, 0.6) is 0 Å². The summed E-state index contributed by atoms with van der Waals surface area (Å²) < 4.78 is 4.93. The average molecular weight is 303 g/mol. The number of carbonyl (C=O) groups excluding carboxylic acids is 1. The Hall–Kier alpha value is -0.180. The molecule has 0 amide bonds. The molecule has 20 heavy (non-hydrogen) atoms. The zero-order valence-electron chi connectivity index (χ0n) is 13.8. The maximum atomic E-state index is 11.8. The van der Waals surface area contributed by atoms with Gasteiger partial charge in [0.05, 0.1) is 7.11 Å². The van der Waals surface area contributed by atoms with Crippen molar-refractivity contribution in [3.63, 3.8) is 0 Å². The molecule has 2 nitrogen and oxygen atoms in total. The Labute approximate surface area is 130 Å². The Morgan fingerprint density at radius 1 is 0.900 bits per heavy atom. The van der Waals surface area contributed by atoms with Gasteiger partial charge in [-0.2, -0.15) is 0 Å². The van der Waals surface area contributed by atoms with Gasteiger partial charge >= 0.3 is 5.97 Å². The van der Waals surface area contributed by atoms with Gasteiger partial charge in [0.25, 0.3) is 0 Å². The highest BCUT2D eigenvalue weighted by Crippen LogP contribution is 2.21. The van der Waals surface area contributed by atoms with Gasteiger partial charge in [0.15, 0.2) is 0 Å². The van der Waals surface area contributed by atoms with Gasteiger partial charge in [-0.3, -0.25) is 4.79 Å². The highest BCUT2D eigenvalue weighted by atomic mass is 32.2. The molecule has 0 heterocycles. The Bertz CT molecular complexity index is 219. The van der Waals surface area contributed by atoms with E-state index in [1.54, 1.807) is 11.8 Å². The van der Waals surface area contributed by atoms with Crippen LogP contribution in [0.4, 0.5) is 0 Å². The fraction of sp³-hybridized carbons (Fsp3) is 0.941. The van der Waals surface area contributed by atoms with Crippen LogP contribution < -0.4 is 0 Å². The Morgan fingerprint density at radius 2 is 1.45 bits per heavy atom. The molecule has 0 spiro atoms. The van der Waals surface area contributed by atoms with Gasteiger partial charge in [0.1, 0.15) is 5.25 Å². The number of unbranched alkanes of at least 4 members (excludes halogenated alkanes) is 8. The van der Waals surface area contributed by atoms with E-state index in [4.69, 9.17) is 4.74 Å². The SMILES string of the molecule is CCCCCCCC[C@H](SCCCCCC)C(=O)OC. The van der Waals surface area contributed by atoms with Gasteiger partial charge in [-0.15, -0.1) is 11.8 Å². The van der Waals surface area contributed by atoms with E-state index in [-0.39, 0.29) is 11.2 Å². The van der Waals surface area contributed by atoms with E-state index in [2.05, 4.69) is 13.8 Å². The van der Waals surface area contributed by atoms with Gasteiger partial charge in [-0.1, -0.05) is 71.6 Å². The third-order valence-corrected chi connectivity index (χ3v) is 4.96. The molecule has 0 unspecified atom stereocenters. The smallest absolute Gasteiger partial charge is 0.318 e. The van der Waals surface area contributed by atoms with Gasteiger partial charge < -0.3 is 4.74 Å². The quantitative estimate of drug-likeness (QED) is 0.309. The first-order valence-electron chi connectivity index (χ1n) is 8.45.